The molecule has 2 aromatic rings. The highest BCUT2D eigenvalue weighted by Crippen LogP contribution is 2.24. The van der Waals surface area contributed by atoms with Crippen LogP contribution in [0.4, 0.5) is 0 Å². The Morgan fingerprint density at radius 2 is 2.10 bits per heavy atom. The van der Waals surface area contributed by atoms with Crippen molar-refractivity contribution in [1.29, 1.82) is 0 Å². The maximum atomic E-state index is 5.45. The van der Waals surface area contributed by atoms with Gasteiger partial charge in [-0.3, -0.25) is 0 Å². The van der Waals surface area contributed by atoms with E-state index < -0.39 is 0 Å². The lowest BCUT2D eigenvalue weighted by molar-refractivity contribution is 0.365. The molecule has 0 bridgehead atoms. The lowest BCUT2D eigenvalue weighted by atomic mass is 9.88. The van der Waals surface area contributed by atoms with Gasteiger partial charge in [0.1, 0.15) is 0 Å². The number of aromatic nitrogens is 2. The van der Waals surface area contributed by atoms with E-state index in [0.717, 1.165) is 31.0 Å². The highest BCUT2D eigenvalue weighted by molar-refractivity contribution is 5.32. The molecule has 0 amide bonds. The fourth-order valence-corrected chi connectivity index (χ4v) is 3.26. The second-order valence-electron chi connectivity index (χ2n) is 5.79. The van der Waals surface area contributed by atoms with Crippen molar-refractivity contribution >= 4 is 0 Å². The molecule has 4 heteroatoms. The molecule has 0 fully saturated rings. The number of benzene rings is 1. The Balaban J connectivity index is 1.67. The van der Waals surface area contributed by atoms with Gasteiger partial charge in [0.25, 0.3) is 0 Å². The summed E-state index contributed by atoms with van der Waals surface area (Å²) in [5.41, 5.74) is 5.19. The number of hydrogen-bond donors (Lipinski definition) is 1. The van der Waals surface area contributed by atoms with E-state index in [1.54, 1.807) is 7.11 Å². The van der Waals surface area contributed by atoms with Gasteiger partial charge in [0.2, 0.25) is 5.88 Å². The fourth-order valence-electron chi connectivity index (χ4n) is 3.26. The second kappa shape index (κ2) is 5.90. The highest BCUT2D eigenvalue weighted by Gasteiger charge is 2.20. The summed E-state index contributed by atoms with van der Waals surface area (Å²) in [5, 5.41) is 8.11. The summed E-state index contributed by atoms with van der Waals surface area (Å²) in [6.07, 6.45) is 3.47. The van der Waals surface area contributed by atoms with Crippen LogP contribution in [0.3, 0.4) is 0 Å². The molecule has 1 heterocycles. The lowest BCUT2D eigenvalue weighted by Gasteiger charge is -2.25. The van der Waals surface area contributed by atoms with Gasteiger partial charge in [-0.05, 0) is 37.3 Å². The summed E-state index contributed by atoms with van der Waals surface area (Å²) in [7, 11) is 3.63. The first-order valence-electron chi connectivity index (χ1n) is 7.55. The molecule has 1 atom stereocenters. The van der Waals surface area contributed by atoms with Gasteiger partial charge in [0.15, 0.2) is 0 Å². The summed E-state index contributed by atoms with van der Waals surface area (Å²) in [6.45, 7) is 2.85. The molecular weight excluding hydrogens is 262 g/mol. The van der Waals surface area contributed by atoms with Gasteiger partial charge in [-0.1, -0.05) is 24.3 Å². The topological polar surface area (TPSA) is 39.1 Å². The number of ether oxygens (including phenoxy) is 1. The molecule has 21 heavy (non-hydrogen) atoms. The second-order valence-corrected chi connectivity index (χ2v) is 5.79. The minimum atomic E-state index is 0.532. The van der Waals surface area contributed by atoms with Gasteiger partial charge >= 0.3 is 0 Å². The SMILES string of the molecule is COc1c(CN[C@H]2CCc3ccccc3C2)c(C)nn1C. The molecule has 0 saturated carbocycles. The Labute approximate surface area is 126 Å². The smallest absolute Gasteiger partial charge is 0.216 e. The first-order valence-corrected chi connectivity index (χ1v) is 7.55. The standard InChI is InChI=1S/C17H23N3O/c1-12-16(17(21-3)20(2)19-12)11-18-15-9-8-13-6-4-5-7-14(13)10-15/h4-7,15,18H,8-11H2,1-3H3/t15-/m0/s1. The van der Waals surface area contributed by atoms with E-state index in [0.29, 0.717) is 6.04 Å². The van der Waals surface area contributed by atoms with Crippen LogP contribution in [0, 0.1) is 6.92 Å². The van der Waals surface area contributed by atoms with E-state index in [4.69, 9.17) is 4.74 Å². The molecule has 1 aliphatic carbocycles. The summed E-state index contributed by atoms with van der Waals surface area (Å²) in [6, 6.07) is 9.30. The monoisotopic (exact) mass is 285 g/mol. The highest BCUT2D eigenvalue weighted by atomic mass is 16.5. The van der Waals surface area contributed by atoms with Crippen LogP contribution in [0.25, 0.3) is 0 Å². The third kappa shape index (κ3) is 2.81. The summed E-state index contributed by atoms with van der Waals surface area (Å²) >= 11 is 0. The van der Waals surface area contributed by atoms with Crippen molar-refractivity contribution in [3.05, 3.63) is 46.6 Å². The van der Waals surface area contributed by atoms with Crippen molar-refractivity contribution in [2.24, 2.45) is 7.05 Å². The van der Waals surface area contributed by atoms with Crippen LogP contribution in [0.1, 0.15) is 28.8 Å². The van der Waals surface area contributed by atoms with Gasteiger partial charge in [-0.15, -0.1) is 0 Å². The zero-order chi connectivity index (χ0) is 14.8. The Morgan fingerprint density at radius 1 is 1.33 bits per heavy atom. The molecule has 0 saturated heterocycles. The number of nitrogens with zero attached hydrogens (tertiary/aromatic N) is 2. The van der Waals surface area contributed by atoms with Crippen molar-refractivity contribution in [2.75, 3.05) is 7.11 Å². The average molecular weight is 285 g/mol. The average Bonchev–Trinajstić information content (AvgIpc) is 2.78. The Hall–Kier alpha value is -1.81. The van der Waals surface area contributed by atoms with Crippen molar-refractivity contribution < 1.29 is 4.74 Å². The van der Waals surface area contributed by atoms with Crippen LogP contribution < -0.4 is 10.1 Å². The predicted molar refractivity (Wildman–Crippen MR) is 83.6 cm³/mol. The van der Waals surface area contributed by atoms with E-state index in [1.165, 1.54) is 23.1 Å². The lowest BCUT2D eigenvalue weighted by Crippen LogP contribution is -2.34. The zero-order valence-corrected chi connectivity index (χ0v) is 13.0. The fraction of sp³-hybridized carbons (Fsp3) is 0.471. The zero-order valence-electron chi connectivity index (χ0n) is 13.0. The van der Waals surface area contributed by atoms with Crippen molar-refractivity contribution in [3.8, 4) is 5.88 Å². The van der Waals surface area contributed by atoms with Crippen LogP contribution in [0.2, 0.25) is 0 Å². The van der Waals surface area contributed by atoms with Crippen LogP contribution in [0.15, 0.2) is 24.3 Å². The molecule has 4 nitrogen and oxygen atoms in total. The Kier molecular flexibility index (Phi) is 3.97. The molecule has 1 N–H and O–H groups in total. The molecule has 3 rings (SSSR count). The Morgan fingerprint density at radius 3 is 2.86 bits per heavy atom. The van der Waals surface area contributed by atoms with E-state index in [9.17, 15) is 0 Å². The van der Waals surface area contributed by atoms with Gasteiger partial charge < -0.3 is 10.1 Å². The molecule has 1 aromatic carbocycles. The largest absolute Gasteiger partial charge is 0.481 e. The first-order chi connectivity index (χ1) is 10.2. The van der Waals surface area contributed by atoms with Gasteiger partial charge in [0, 0.05) is 19.6 Å². The van der Waals surface area contributed by atoms with E-state index in [1.807, 2.05) is 18.7 Å². The first kappa shape index (κ1) is 14.1. The van der Waals surface area contributed by atoms with E-state index in [-0.39, 0.29) is 0 Å². The third-order valence-electron chi connectivity index (χ3n) is 4.40. The summed E-state index contributed by atoms with van der Waals surface area (Å²) < 4.78 is 7.26. The minimum absolute atomic E-state index is 0.532. The quantitative estimate of drug-likeness (QED) is 0.937. The van der Waals surface area contributed by atoms with Crippen LogP contribution in [-0.2, 0) is 26.4 Å². The van der Waals surface area contributed by atoms with Crippen LogP contribution in [-0.4, -0.2) is 22.9 Å². The number of hydrogen-bond acceptors (Lipinski definition) is 3. The van der Waals surface area contributed by atoms with Crippen LogP contribution >= 0.6 is 0 Å². The molecule has 0 spiro atoms. The molecular formula is C17H23N3O. The number of nitrogens with one attached hydrogen (secondary N) is 1. The van der Waals surface area contributed by atoms with Crippen molar-refractivity contribution in [1.82, 2.24) is 15.1 Å². The minimum Gasteiger partial charge on any atom is -0.481 e. The maximum Gasteiger partial charge on any atom is 0.216 e. The molecule has 0 radical (unpaired) electrons. The molecule has 1 aromatic heterocycles. The van der Waals surface area contributed by atoms with Gasteiger partial charge in [-0.25, -0.2) is 4.68 Å². The third-order valence-corrected chi connectivity index (χ3v) is 4.40. The van der Waals surface area contributed by atoms with Crippen LogP contribution in [0.5, 0.6) is 5.88 Å². The maximum absolute atomic E-state index is 5.45. The molecule has 112 valence electrons. The Bertz CT molecular complexity index is 633. The number of aryl methyl sites for hydroxylation is 3. The predicted octanol–water partition coefficient (Wildman–Crippen LogP) is 2.38. The molecule has 1 aliphatic rings. The number of fused-ring (bicyclic) bond motifs is 1. The number of methoxy groups -OCH3 is 1. The molecule has 0 unspecified atom stereocenters. The van der Waals surface area contributed by atoms with Gasteiger partial charge in [0.05, 0.1) is 18.4 Å². The number of rotatable bonds is 4. The van der Waals surface area contributed by atoms with E-state index in [2.05, 4.69) is 34.7 Å². The molecule has 0 aliphatic heterocycles. The van der Waals surface area contributed by atoms with Gasteiger partial charge in [-0.2, -0.15) is 5.10 Å². The normalized spacial score (nSPS) is 17.6. The van der Waals surface area contributed by atoms with Crippen molar-refractivity contribution in [2.45, 2.75) is 38.8 Å². The summed E-state index contributed by atoms with van der Waals surface area (Å²) in [4.78, 5) is 0. The summed E-state index contributed by atoms with van der Waals surface area (Å²) in [5.74, 6) is 0.858. The van der Waals surface area contributed by atoms with Crippen molar-refractivity contribution in [3.63, 3.8) is 0 Å². The van der Waals surface area contributed by atoms with E-state index >= 15 is 0 Å².